The van der Waals surface area contributed by atoms with Gasteiger partial charge in [0.05, 0.1) is 0 Å². The van der Waals surface area contributed by atoms with E-state index in [1.54, 1.807) is 4.90 Å². The summed E-state index contributed by atoms with van der Waals surface area (Å²) in [4.78, 5) is 24.1. The molecule has 0 aliphatic carbocycles. The van der Waals surface area contributed by atoms with E-state index in [9.17, 15) is 13.6 Å². The number of ether oxygens (including phenoxy) is 1. The van der Waals surface area contributed by atoms with Gasteiger partial charge in [0.25, 0.3) is 12.3 Å². The van der Waals surface area contributed by atoms with Crippen LogP contribution in [0.2, 0.25) is 0 Å². The summed E-state index contributed by atoms with van der Waals surface area (Å²) in [5.41, 5.74) is -0.381. The first-order chi connectivity index (χ1) is 11.6. The van der Waals surface area contributed by atoms with Gasteiger partial charge in [-0.05, 0) is 25.8 Å². The minimum Gasteiger partial charge on any atom is -0.381 e. The summed E-state index contributed by atoms with van der Waals surface area (Å²) in [7, 11) is 0. The van der Waals surface area contributed by atoms with Crippen LogP contribution in [0.5, 0.6) is 0 Å². The Balaban J connectivity index is 1.65. The predicted octanol–water partition coefficient (Wildman–Crippen LogP) is 1.74. The summed E-state index contributed by atoms with van der Waals surface area (Å²) in [5.74, 6) is -0.307. The number of halogens is 2. The molecule has 0 aromatic carbocycles. The maximum atomic E-state index is 12.8. The van der Waals surface area contributed by atoms with E-state index >= 15 is 0 Å². The Morgan fingerprint density at radius 2 is 2.04 bits per heavy atom. The van der Waals surface area contributed by atoms with Crippen molar-refractivity contribution in [2.75, 3.05) is 32.8 Å². The minimum absolute atomic E-state index is 0.0130. The van der Waals surface area contributed by atoms with E-state index in [0.717, 1.165) is 51.5 Å². The third-order valence-corrected chi connectivity index (χ3v) is 4.76. The van der Waals surface area contributed by atoms with Crippen LogP contribution in [0.1, 0.15) is 42.4 Å². The number of alkyl halides is 2. The van der Waals surface area contributed by atoms with Crippen LogP contribution in [-0.2, 0) is 4.74 Å². The molecule has 3 heterocycles. The highest BCUT2D eigenvalue weighted by molar-refractivity contribution is 5.92. The standard InChI is InChI=1S/C16H22F2N4O2/c1-11-9-21(12-2-6-24-7-3-12)4-5-22(11)16(23)14-8-13(15(17)18)19-10-20-14/h8,10-12,15H,2-7,9H2,1H3/t11-/m1/s1. The smallest absolute Gasteiger partial charge is 0.280 e. The Hall–Kier alpha value is -1.67. The zero-order chi connectivity index (χ0) is 17.1. The molecule has 24 heavy (non-hydrogen) atoms. The predicted molar refractivity (Wildman–Crippen MR) is 82.9 cm³/mol. The topological polar surface area (TPSA) is 58.6 Å². The molecule has 0 spiro atoms. The summed E-state index contributed by atoms with van der Waals surface area (Å²) in [6.07, 6.45) is 0.356. The molecule has 1 atom stereocenters. The van der Waals surface area contributed by atoms with Crippen molar-refractivity contribution in [3.63, 3.8) is 0 Å². The molecule has 0 bridgehead atoms. The molecule has 2 aliphatic rings. The molecule has 0 unspecified atom stereocenters. The van der Waals surface area contributed by atoms with Gasteiger partial charge in [-0.2, -0.15) is 0 Å². The summed E-state index contributed by atoms with van der Waals surface area (Å²) in [6.45, 7) is 5.70. The summed E-state index contributed by atoms with van der Waals surface area (Å²) in [5, 5.41) is 0. The van der Waals surface area contributed by atoms with Crippen molar-refractivity contribution in [3.05, 3.63) is 23.8 Å². The highest BCUT2D eigenvalue weighted by atomic mass is 19.3. The van der Waals surface area contributed by atoms with Gasteiger partial charge in [-0.15, -0.1) is 0 Å². The molecular weight excluding hydrogens is 318 g/mol. The van der Waals surface area contributed by atoms with Crippen LogP contribution < -0.4 is 0 Å². The Morgan fingerprint density at radius 1 is 1.29 bits per heavy atom. The Morgan fingerprint density at radius 3 is 2.71 bits per heavy atom. The number of piperazine rings is 1. The molecule has 6 nitrogen and oxygen atoms in total. The minimum atomic E-state index is -2.71. The van der Waals surface area contributed by atoms with Gasteiger partial charge in [-0.1, -0.05) is 0 Å². The van der Waals surface area contributed by atoms with Gasteiger partial charge in [0.1, 0.15) is 17.7 Å². The lowest BCUT2D eigenvalue weighted by Gasteiger charge is -2.44. The van der Waals surface area contributed by atoms with Crippen LogP contribution in [0, 0.1) is 0 Å². The SMILES string of the molecule is C[C@@H]1CN(C2CCOCC2)CCN1C(=O)c1cc(C(F)F)ncn1. The molecule has 2 fully saturated rings. The summed E-state index contributed by atoms with van der Waals surface area (Å²) >= 11 is 0. The van der Waals surface area contributed by atoms with Crippen molar-refractivity contribution in [2.45, 2.75) is 38.3 Å². The number of hydrogen-bond acceptors (Lipinski definition) is 5. The Bertz CT molecular complexity index is 581. The second-order valence-electron chi connectivity index (χ2n) is 6.31. The van der Waals surface area contributed by atoms with Crippen LogP contribution in [0.25, 0.3) is 0 Å². The molecule has 2 saturated heterocycles. The number of rotatable bonds is 3. The van der Waals surface area contributed by atoms with Gasteiger partial charge >= 0.3 is 0 Å². The van der Waals surface area contributed by atoms with Crippen molar-refractivity contribution in [1.29, 1.82) is 0 Å². The molecule has 3 rings (SSSR count). The fourth-order valence-electron chi connectivity index (χ4n) is 3.43. The van der Waals surface area contributed by atoms with Crippen molar-refractivity contribution in [1.82, 2.24) is 19.8 Å². The van der Waals surface area contributed by atoms with E-state index in [2.05, 4.69) is 14.9 Å². The lowest BCUT2D eigenvalue weighted by molar-refractivity contribution is 0.000530. The maximum absolute atomic E-state index is 12.8. The fourth-order valence-corrected chi connectivity index (χ4v) is 3.43. The van der Waals surface area contributed by atoms with Gasteiger partial charge in [-0.25, -0.2) is 18.7 Å². The van der Waals surface area contributed by atoms with E-state index in [4.69, 9.17) is 4.74 Å². The third kappa shape index (κ3) is 3.70. The average Bonchev–Trinajstić information content (AvgIpc) is 2.62. The first-order valence-corrected chi connectivity index (χ1v) is 8.29. The van der Waals surface area contributed by atoms with Gasteiger partial charge in [0, 0.05) is 44.9 Å². The van der Waals surface area contributed by atoms with Crippen molar-refractivity contribution < 1.29 is 18.3 Å². The zero-order valence-corrected chi connectivity index (χ0v) is 13.7. The van der Waals surface area contributed by atoms with Crippen LogP contribution in [0.3, 0.4) is 0 Å². The van der Waals surface area contributed by atoms with Crippen molar-refractivity contribution >= 4 is 5.91 Å². The van der Waals surface area contributed by atoms with E-state index in [-0.39, 0.29) is 17.6 Å². The van der Waals surface area contributed by atoms with Gasteiger partial charge in [-0.3, -0.25) is 9.69 Å². The zero-order valence-electron chi connectivity index (χ0n) is 13.7. The first kappa shape index (κ1) is 17.2. The van der Waals surface area contributed by atoms with Crippen LogP contribution in [0.4, 0.5) is 8.78 Å². The highest BCUT2D eigenvalue weighted by Gasteiger charge is 2.32. The summed E-state index contributed by atoms with van der Waals surface area (Å²) in [6, 6.07) is 1.60. The lowest BCUT2D eigenvalue weighted by Crippen LogP contribution is -2.57. The van der Waals surface area contributed by atoms with E-state index in [0.29, 0.717) is 12.6 Å². The lowest BCUT2D eigenvalue weighted by atomic mass is 10.0. The fraction of sp³-hybridized carbons (Fsp3) is 0.688. The van der Waals surface area contributed by atoms with Gasteiger partial charge < -0.3 is 9.64 Å². The second-order valence-corrected chi connectivity index (χ2v) is 6.31. The molecule has 0 saturated carbocycles. The first-order valence-electron chi connectivity index (χ1n) is 8.29. The molecule has 1 aromatic rings. The quantitative estimate of drug-likeness (QED) is 0.839. The molecule has 1 aromatic heterocycles. The van der Waals surface area contributed by atoms with Crippen molar-refractivity contribution in [2.24, 2.45) is 0 Å². The number of carbonyl (C=O) groups is 1. The van der Waals surface area contributed by atoms with Crippen LogP contribution >= 0.6 is 0 Å². The third-order valence-electron chi connectivity index (χ3n) is 4.76. The number of nitrogens with zero attached hydrogens (tertiary/aromatic N) is 4. The largest absolute Gasteiger partial charge is 0.381 e. The molecule has 8 heteroatoms. The number of amides is 1. The van der Waals surface area contributed by atoms with Crippen LogP contribution in [0.15, 0.2) is 12.4 Å². The normalized spacial score (nSPS) is 23.7. The molecule has 0 radical (unpaired) electrons. The Labute approximate surface area is 139 Å². The van der Waals surface area contributed by atoms with Crippen LogP contribution in [-0.4, -0.2) is 70.6 Å². The van der Waals surface area contributed by atoms with Gasteiger partial charge in [0.15, 0.2) is 0 Å². The number of carbonyl (C=O) groups excluding carboxylic acids is 1. The number of hydrogen-bond donors (Lipinski definition) is 0. The maximum Gasteiger partial charge on any atom is 0.280 e. The second kappa shape index (κ2) is 7.48. The van der Waals surface area contributed by atoms with Gasteiger partial charge in [0.2, 0.25) is 0 Å². The van der Waals surface area contributed by atoms with E-state index in [1.165, 1.54) is 0 Å². The molecule has 1 amide bonds. The summed E-state index contributed by atoms with van der Waals surface area (Å²) < 4.78 is 30.9. The molecule has 132 valence electrons. The average molecular weight is 340 g/mol. The molecule has 2 aliphatic heterocycles. The number of aromatic nitrogens is 2. The monoisotopic (exact) mass is 340 g/mol. The Kier molecular flexibility index (Phi) is 5.35. The highest BCUT2D eigenvalue weighted by Crippen LogP contribution is 2.21. The van der Waals surface area contributed by atoms with E-state index < -0.39 is 12.1 Å². The molecular formula is C16H22F2N4O2. The van der Waals surface area contributed by atoms with E-state index in [1.807, 2.05) is 6.92 Å². The molecule has 0 N–H and O–H groups in total. The van der Waals surface area contributed by atoms with Crippen molar-refractivity contribution in [3.8, 4) is 0 Å².